The van der Waals surface area contributed by atoms with Gasteiger partial charge in [-0.2, -0.15) is 4.98 Å². The number of benzene rings is 1. The zero-order chi connectivity index (χ0) is 15.0. The Bertz CT molecular complexity index is 773. The van der Waals surface area contributed by atoms with Gasteiger partial charge in [0.1, 0.15) is 11.2 Å². The molecule has 0 spiro atoms. The Kier molecular flexibility index (Phi) is 3.27. The van der Waals surface area contributed by atoms with Crippen molar-refractivity contribution >= 4 is 11.0 Å². The minimum Gasteiger partial charge on any atom is -0.450 e. The molecule has 0 amide bonds. The zero-order valence-corrected chi connectivity index (χ0v) is 12.1. The molecule has 0 aliphatic heterocycles. The van der Waals surface area contributed by atoms with Crippen molar-refractivity contribution in [3.63, 3.8) is 0 Å². The maximum Gasteiger partial charge on any atom is 0.294 e. The highest BCUT2D eigenvalue weighted by atomic mass is 16.5. The number of rotatable bonds is 4. The average molecular weight is 288 g/mol. The van der Waals surface area contributed by atoms with Gasteiger partial charge in [-0.3, -0.25) is 0 Å². The lowest BCUT2D eigenvalue weighted by atomic mass is 10.1. The van der Waals surface area contributed by atoms with Gasteiger partial charge in [0.25, 0.3) is 5.89 Å². The van der Waals surface area contributed by atoms with Crippen molar-refractivity contribution in [1.82, 2.24) is 10.1 Å². The molecule has 0 aliphatic carbocycles. The second kappa shape index (κ2) is 4.98. The third kappa shape index (κ3) is 2.22. The lowest BCUT2D eigenvalue weighted by Crippen LogP contribution is -2.21. The molecule has 110 valence electrons. The molecule has 0 saturated carbocycles. The number of hydrogen-bond acceptors (Lipinski definition) is 6. The minimum absolute atomic E-state index is 0.169. The monoisotopic (exact) mass is 288 g/mol. The molecule has 1 N–H and O–H groups in total. The number of furan rings is 1. The summed E-state index contributed by atoms with van der Waals surface area (Å²) in [5, 5.41) is 14.4. The van der Waals surface area contributed by atoms with Gasteiger partial charge in [-0.15, -0.1) is 0 Å². The third-order valence-corrected chi connectivity index (χ3v) is 3.53. The third-order valence-electron chi connectivity index (χ3n) is 3.53. The van der Waals surface area contributed by atoms with Gasteiger partial charge in [0.2, 0.25) is 5.82 Å². The molecule has 2 heterocycles. The van der Waals surface area contributed by atoms with Gasteiger partial charge in [-0.1, -0.05) is 23.4 Å². The molecule has 3 aromatic rings. The van der Waals surface area contributed by atoms with E-state index in [0.717, 1.165) is 5.39 Å². The van der Waals surface area contributed by atoms with Gasteiger partial charge in [0.05, 0.1) is 6.61 Å². The molecule has 0 aliphatic rings. The molecular formula is C15H16N2O4. The molecule has 0 atom stereocenters. The molecule has 6 nitrogen and oxygen atoms in total. The molecule has 6 heteroatoms. The van der Waals surface area contributed by atoms with E-state index < -0.39 is 5.60 Å². The van der Waals surface area contributed by atoms with Gasteiger partial charge in [-0.05, 0) is 19.9 Å². The minimum atomic E-state index is -0.660. The number of para-hydroxylation sites is 1. The lowest BCUT2D eigenvalue weighted by Gasteiger charge is -2.17. The first-order valence-corrected chi connectivity index (χ1v) is 6.58. The van der Waals surface area contributed by atoms with Crippen molar-refractivity contribution in [3.8, 4) is 11.7 Å². The van der Waals surface area contributed by atoms with Crippen molar-refractivity contribution in [1.29, 1.82) is 0 Å². The fourth-order valence-corrected chi connectivity index (χ4v) is 2.08. The standard InChI is InChI=1S/C15H16N2O4/c1-15(2,19-3)14-16-13(21-17-14)12-10(8-18)9-6-4-5-7-11(9)20-12/h4-7,18H,8H2,1-3H3. The van der Waals surface area contributed by atoms with E-state index in [0.29, 0.717) is 22.7 Å². The summed E-state index contributed by atoms with van der Waals surface area (Å²) >= 11 is 0. The van der Waals surface area contributed by atoms with Crippen LogP contribution in [0.1, 0.15) is 25.2 Å². The van der Waals surface area contributed by atoms with E-state index in [1.165, 1.54) is 0 Å². The van der Waals surface area contributed by atoms with E-state index in [1.807, 2.05) is 38.1 Å². The fourth-order valence-electron chi connectivity index (χ4n) is 2.08. The Hall–Kier alpha value is -2.18. The molecule has 3 rings (SSSR count). The number of aliphatic hydroxyl groups is 1. The van der Waals surface area contributed by atoms with Crippen LogP contribution in [0.4, 0.5) is 0 Å². The first-order chi connectivity index (χ1) is 10.1. The maximum atomic E-state index is 9.60. The number of aromatic nitrogens is 2. The summed E-state index contributed by atoms with van der Waals surface area (Å²) in [4.78, 5) is 4.32. The highest BCUT2D eigenvalue weighted by Gasteiger charge is 2.28. The smallest absolute Gasteiger partial charge is 0.294 e. The lowest BCUT2D eigenvalue weighted by molar-refractivity contribution is 0.00973. The number of ether oxygens (including phenoxy) is 1. The number of hydrogen-bond donors (Lipinski definition) is 1. The summed E-state index contributed by atoms with van der Waals surface area (Å²) in [5.74, 6) is 1.05. The Balaban J connectivity index is 2.13. The van der Waals surface area contributed by atoms with E-state index >= 15 is 0 Å². The quantitative estimate of drug-likeness (QED) is 0.795. The Morgan fingerprint density at radius 3 is 2.76 bits per heavy atom. The summed E-state index contributed by atoms with van der Waals surface area (Å²) < 4.78 is 16.3. The first kappa shape index (κ1) is 13.8. The predicted octanol–water partition coefficient (Wildman–Crippen LogP) is 2.86. The molecule has 1 aromatic carbocycles. The fraction of sp³-hybridized carbons (Fsp3) is 0.333. The number of methoxy groups -OCH3 is 1. The summed E-state index contributed by atoms with van der Waals surface area (Å²) in [6.07, 6.45) is 0. The van der Waals surface area contributed by atoms with Crippen molar-refractivity contribution in [2.24, 2.45) is 0 Å². The van der Waals surface area contributed by atoms with Crippen LogP contribution in [0.3, 0.4) is 0 Å². The van der Waals surface area contributed by atoms with Crippen LogP contribution in [0.2, 0.25) is 0 Å². The second-order valence-corrected chi connectivity index (χ2v) is 5.20. The van der Waals surface area contributed by atoms with Crippen molar-refractivity contribution in [2.75, 3.05) is 7.11 Å². The van der Waals surface area contributed by atoms with Gasteiger partial charge in [0, 0.05) is 18.1 Å². The zero-order valence-electron chi connectivity index (χ0n) is 12.1. The topological polar surface area (TPSA) is 81.5 Å². The van der Waals surface area contributed by atoms with Gasteiger partial charge in [-0.25, -0.2) is 0 Å². The maximum absolute atomic E-state index is 9.60. The van der Waals surface area contributed by atoms with Gasteiger partial charge < -0.3 is 18.8 Å². The predicted molar refractivity (Wildman–Crippen MR) is 75.5 cm³/mol. The van der Waals surface area contributed by atoms with E-state index in [2.05, 4.69) is 10.1 Å². The van der Waals surface area contributed by atoms with Crippen LogP contribution >= 0.6 is 0 Å². The molecule has 0 saturated heterocycles. The van der Waals surface area contributed by atoms with Crippen LogP contribution in [0.15, 0.2) is 33.2 Å². The Labute approximate surface area is 121 Å². The van der Waals surface area contributed by atoms with E-state index in [1.54, 1.807) is 7.11 Å². The molecule has 0 fully saturated rings. The van der Waals surface area contributed by atoms with Crippen LogP contribution in [0.5, 0.6) is 0 Å². The second-order valence-electron chi connectivity index (χ2n) is 5.20. The highest BCUT2D eigenvalue weighted by molar-refractivity contribution is 5.86. The molecule has 0 bridgehead atoms. The van der Waals surface area contributed by atoms with Crippen molar-refractivity contribution in [2.45, 2.75) is 26.1 Å². The first-order valence-electron chi connectivity index (χ1n) is 6.58. The highest BCUT2D eigenvalue weighted by Crippen LogP contribution is 2.33. The SMILES string of the molecule is COC(C)(C)c1noc(-c2oc3ccccc3c2CO)n1. The van der Waals surface area contributed by atoms with Crippen molar-refractivity contribution in [3.05, 3.63) is 35.7 Å². The normalized spacial score (nSPS) is 12.2. The van der Waals surface area contributed by atoms with E-state index in [9.17, 15) is 5.11 Å². The van der Waals surface area contributed by atoms with E-state index in [4.69, 9.17) is 13.7 Å². The van der Waals surface area contributed by atoms with Crippen LogP contribution in [-0.2, 0) is 16.9 Å². The van der Waals surface area contributed by atoms with Crippen LogP contribution < -0.4 is 0 Å². The summed E-state index contributed by atoms with van der Waals surface area (Å²) in [6, 6.07) is 7.46. The summed E-state index contributed by atoms with van der Waals surface area (Å²) in [5.41, 5.74) is 0.644. The molecular weight excluding hydrogens is 272 g/mol. The number of aliphatic hydroxyl groups excluding tert-OH is 1. The van der Waals surface area contributed by atoms with Gasteiger partial charge >= 0.3 is 0 Å². The van der Waals surface area contributed by atoms with Gasteiger partial charge in [0.15, 0.2) is 5.76 Å². The Morgan fingerprint density at radius 1 is 1.29 bits per heavy atom. The van der Waals surface area contributed by atoms with E-state index in [-0.39, 0.29) is 12.5 Å². The average Bonchev–Trinajstić information content (AvgIpc) is 3.11. The largest absolute Gasteiger partial charge is 0.450 e. The Morgan fingerprint density at radius 2 is 2.05 bits per heavy atom. The molecule has 0 radical (unpaired) electrons. The summed E-state index contributed by atoms with van der Waals surface area (Å²) in [6.45, 7) is 3.51. The molecule has 2 aromatic heterocycles. The van der Waals surface area contributed by atoms with Crippen LogP contribution in [0, 0.1) is 0 Å². The summed E-state index contributed by atoms with van der Waals surface area (Å²) in [7, 11) is 1.58. The number of fused-ring (bicyclic) bond motifs is 1. The molecule has 21 heavy (non-hydrogen) atoms. The van der Waals surface area contributed by atoms with Crippen LogP contribution in [0.25, 0.3) is 22.6 Å². The number of nitrogens with zero attached hydrogens (tertiary/aromatic N) is 2. The molecule has 0 unspecified atom stereocenters. The van der Waals surface area contributed by atoms with Crippen molar-refractivity contribution < 1.29 is 18.8 Å². The van der Waals surface area contributed by atoms with Crippen LogP contribution in [-0.4, -0.2) is 22.4 Å².